The number of aromatic nitrogens is 2. The molecule has 0 unspecified atom stereocenters. The van der Waals surface area contributed by atoms with Crippen LogP contribution in [0.2, 0.25) is 0 Å². The third-order valence-corrected chi connectivity index (χ3v) is 4.19. The summed E-state index contributed by atoms with van der Waals surface area (Å²) in [5.41, 5.74) is -0.308. The van der Waals surface area contributed by atoms with Crippen molar-refractivity contribution in [3.63, 3.8) is 0 Å². The Labute approximate surface area is 167 Å². The van der Waals surface area contributed by atoms with Gasteiger partial charge in [-0.3, -0.25) is 14.8 Å². The van der Waals surface area contributed by atoms with E-state index in [2.05, 4.69) is 21.2 Å². The molecule has 0 amide bonds. The van der Waals surface area contributed by atoms with Gasteiger partial charge in [-0.1, -0.05) is 19.4 Å². The Balaban J connectivity index is 2.69. The molecule has 0 saturated heterocycles. The fraction of sp³-hybridized carbons (Fsp3) is 0.250. The van der Waals surface area contributed by atoms with Crippen LogP contribution in [0.15, 0.2) is 39.8 Å². The second-order valence-electron chi connectivity index (χ2n) is 6.08. The molecular formula is C20H21N7O2. The molecule has 2 heterocycles. The zero-order valence-electron chi connectivity index (χ0n) is 16.2. The number of anilines is 1. The predicted octanol–water partition coefficient (Wildman–Crippen LogP) is 2.90. The summed E-state index contributed by atoms with van der Waals surface area (Å²) >= 11 is 0. The lowest BCUT2D eigenvalue weighted by atomic mass is 10.1. The van der Waals surface area contributed by atoms with Crippen LogP contribution in [0.3, 0.4) is 0 Å². The van der Waals surface area contributed by atoms with Gasteiger partial charge in [0.1, 0.15) is 17.3 Å². The first kappa shape index (κ1) is 21.3. The second-order valence-corrected chi connectivity index (χ2v) is 6.08. The van der Waals surface area contributed by atoms with Crippen molar-refractivity contribution in [1.29, 1.82) is 16.1 Å². The molecule has 2 aromatic heterocycles. The minimum atomic E-state index is -0.532. The molecule has 0 saturated carbocycles. The summed E-state index contributed by atoms with van der Waals surface area (Å²) in [7, 11) is 0. The van der Waals surface area contributed by atoms with Gasteiger partial charge in [-0.25, -0.2) is 9.98 Å². The number of nitrogens with one attached hydrogen (secondary N) is 3. The molecule has 2 aromatic rings. The molecule has 0 aliphatic rings. The predicted molar refractivity (Wildman–Crippen MR) is 112 cm³/mol. The molecule has 0 bridgehead atoms. The zero-order valence-corrected chi connectivity index (χ0v) is 16.2. The summed E-state index contributed by atoms with van der Waals surface area (Å²) in [4.78, 5) is 21.4. The molecular weight excluding hydrogens is 370 g/mol. The van der Waals surface area contributed by atoms with Gasteiger partial charge in [0.15, 0.2) is 11.7 Å². The molecule has 4 N–H and O–H groups in total. The van der Waals surface area contributed by atoms with Gasteiger partial charge in [0.2, 0.25) is 5.88 Å². The van der Waals surface area contributed by atoms with Gasteiger partial charge in [-0.15, -0.1) is 0 Å². The van der Waals surface area contributed by atoms with Crippen molar-refractivity contribution in [2.75, 3.05) is 5.32 Å². The standard InChI is InChI=1S/C20H21N7O2/c1-3-4-9-27-19(28)15(12-23)13(2)17(20(27)29)26-18(14(10-21)11-22)25-16-7-5-6-8-24-16/h5-8,10,21-22,28H,3-4,9H2,1-2H3,(H,24,25,26). The van der Waals surface area contributed by atoms with Crippen LogP contribution in [-0.4, -0.2) is 32.6 Å². The van der Waals surface area contributed by atoms with E-state index >= 15 is 0 Å². The monoisotopic (exact) mass is 391 g/mol. The molecule has 2 rings (SSSR count). The molecule has 0 aliphatic heterocycles. The van der Waals surface area contributed by atoms with E-state index < -0.39 is 5.56 Å². The third-order valence-electron chi connectivity index (χ3n) is 4.19. The fourth-order valence-electron chi connectivity index (χ4n) is 2.60. The lowest BCUT2D eigenvalue weighted by molar-refractivity contribution is 0.400. The van der Waals surface area contributed by atoms with Crippen LogP contribution in [0.5, 0.6) is 5.88 Å². The number of aromatic hydroxyl groups is 1. The molecule has 0 atom stereocenters. The van der Waals surface area contributed by atoms with Crippen LogP contribution in [0.1, 0.15) is 30.9 Å². The molecule has 29 heavy (non-hydrogen) atoms. The Morgan fingerprint density at radius 2 is 2.24 bits per heavy atom. The lowest BCUT2D eigenvalue weighted by Crippen LogP contribution is -2.29. The highest BCUT2D eigenvalue weighted by Gasteiger charge is 2.20. The number of hydrogen-bond acceptors (Lipinski definition) is 7. The van der Waals surface area contributed by atoms with E-state index in [-0.39, 0.29) is 40.6 Å². The minimum Gasteiger partial charge on any atom is -0.493 e. The summed E-state index contributed by atoms with van der Waals surface area (Å²) in [5.74, 6) is 2.02. The maximum absolute atomic E-state index is 13.0. The van der Waals surface area contributed by atoms with Crippen molar-refractivity contribution in [2.45, 2.75) is 33.2 Å². The van der Waals surface area contributed by atoms with Gasteiger partial charge >= 0.3 is 0 Å². The largest absolute Gasteiger partial charge is 0.493 e. The maximum atomic E-state index is 13.0. The number of rotatable bonds is 7. The van der Waals surface area contributed by atoms with Gasteiger partial charge in [0.25, 0.3) is 5.56 Å². The van der Waals surface area contributed by atoms with Crippen LogP contribution >= 0.6 is 0 Å². The average Bonchev–Trinajstić information content (AvgIpc) is 2.73. The number of hydrogen-bond donors (Lipinski definition) is 4. The molecule has 9 heteroatoms. The number of nitriles is 1. The number of aliphatic imine (C=N–C) groups is 1. The third kappa shape index (κ3) is 4.64. The van der Waals surface area contributed by atoms with Crippen molar-refractivity contribution >= 4 is 29.4 Å². The van der Waals surface area contributed by atoms with Crippen LogP contribution in [0.4, 0.5) is 11.5 Å². The van der Waals surface area contributed by atoms with Crippen molar-refractivity contribution in [3.8, 4) is 11.9 Å². The normalized spacial score (nSPS) is 10.7. The van der Waals surface area contributed by atoms with Crippen molar-refractivity contribution in [1.82, 2.24) is 9.55 Å². The SMILES string of the molecule is CCCCn1c(O)c(C#N)c(C)c(NC(=Nc2ccccn2)C(=C=N)C=N)c1=O. The van der Waals surface area contributed by atoms with Crippen molar-refractivity contribution in [2.24, 2.45) is 4.99 Å². The van der Waals surface area contributed by atoms with E-state index in [0.29, 0.717) is 12.2 Å². The Bertz CT molecular complexity index is 1090. The van der Waals surface area contributed by atoms with Crippen LogP contribution in [-0.2, 0) is 6.54 Å². The summed E-state index contributed by atoms with van der Waals surface area (Å²) in [6, 6.07) is 6.98. The summed E-state index contributed by atoms with van der Waals surface area (Å²) < 4.78 is 1.13. The van der Waals surface area contributed by atoms with E-state index in [1.165, 1.54) is 13.1 Å². The van der Waals surface area contributed by atoms with Crippen LogP contribution < -0.4 is 10.9 Å². The smallest absolute Gasteiger partial charge is 0.277 e. The maximum Gasteiger partial charge on any atom is 0.277 e. The van der Waals surface area contributed by atoms with Crippen molar-refractivity contribution < 1.29 is 5.11 Å². The van der Waals surface area contributed by atoms with Gasteiger partial charge in [0, 0.05) is 24.5 Å². The van der Waals surface area contributed by atoms with E-state index in [0.717, 1.165) is 17.2 Å². The molecule has 0 radical (unpaired) electrons. The lowest BCUT2D eigenvalue weighted by Gasteiger charge is -2.17. The number of amidine groups is 1. The summed E-state index contributed by atoms with van der Waals surface area (Å²) in [5, 5.41) is 37.6. The molecule has 0 aromatic carbocycles. The van der Waals surface area contributed by atoms with Crippen LogP contribution in [0, 0.1) is 29.1 Å². The first-order valence-corrected chi connectivity index (χ1v) is 8.92. The van der Waals surface area contributed by atoms with Crippen molar-refractivity contribution in [3.05, 3.63) is 51.4 Å². The van der Waals surface area contributed by atoms with E-state index in [1.807, 2.05) is 13.0 Å². The van der Waals surface area contributed by atoms with Crippen LogP contribution in [0.25, 0.3) is 0 Å². The first-order valence-electron chi connectivity index (χ1n) is 8.92. The van der Waals surface area contributed by atoms with E-state index in [1.54, 1.807) is 18.2 Å². The fourth-order valence-corrected chi connectivity index (χ4v) is 2.60. The minimum absolute atomic E-state index is 0.00511. The molecule has 148 valence electrons. The summed E-state index contributed by atoms with van der Waals surface area (Å²) in [6.07, 6.45) is 3.84. The summed E-state index contributed by atoms with van der Waals surface area (Å²) in [6.45, 7) is 3.72. The first-order chi connectivity index (χ1) is 14.0. The molecule has 0 aliphatic carbocycles. The van der Waals surface area contributed by atoms with Gasteiger partial charge in [-0.2, -0.15) is 5.26 Å². The van der Waals surface area contributed by atoms with Gasteiger partial charge in [-0.05, 0) is 31.3 Å². The number of unbranched alkanes of at least 4 members (excludes halogenated alkanes) is 1. The highest BCUT2D eigenvalue weighted by Crippen LogP contribution is 2.24. The Morgan fingerprint density at radius 1 is 1.48 bits per heavy atom. The molecule has 0 fully saturated rings. The number of nitrogens with zero attached hydrogens (tertiary/aromatic N) is 4. The highest BCUT2D eigenvalue weighted by atomic mass is 16.3. The van der Waals surface area contributed by atoms with E-state index in [4.69, 9.17) is 10.8 Å². The molecule has 9 nitrogen and oxygen atoms in total. The average molecular weight is 391 g/mol. The Morgan fingerprint density at radius 3 is 2.79 bits per heavy atom. The Hall–Kier alpha value is -4.02. The topological polar surface area (TPSA) is 151 Å². The van der Waals surface area contributed by atoms with Gasteiger partial charge in [0.05, 0.1) is 5.57 Å². The highest BCUT2D eigenvalue weighted by molar-refractivity contribution is 6.25. The quantitative estimate of drug-likeness (QED) is 0.422. The van der Waals surface area contributed by atoms with Gasteiger partial charge < -0.3 is 15.8 Å². The Kier molecular flexibility index (Phi) is 7.18. The van der Waals surface area contributed by atoms with E-state index in [9.17, 15) is 15.2 Å². The number of pyridine rings is 2. The zero-order chi connectivity index (χ0) is 21.4. The second kappa shape index (κ2) is 9.78. The molecule has 0 spiro atoms.